The van der Waals surface area contributed by atoms with Gasteiger partial charge in [0, 0.05) is 56.2 Å². The molecular formula is C10H19F9N2O3. The highest BCUT2D eigenvalue weighted by molar-refractivity contribution is 5.78. The fourth-order valence-corrected chi connectivity index (χ4v) is 1.07. The predicted octanol–water partition coefficient (Wildman–Crippen LogP) is 3.77. The summed E-state index contributed by atoms with van der Waals surface area (Å²) >= 11 is 0. The van der Waals surface area contributed by atoms with Crippen LogP contribution >= 0.6 is 0 Å². The van der Waals surface area contributed by atoms with E-state index in [0.29, 0.717) is 13.0 Å². The van der Waals surface area contributed by atoms with E-state index in [2.05, 4.69) is 5.32 Å². The molecule has 2 N–H and O–H groups in total. The van der Waals surface area contributed by atoms with Gasteiger partial charge in [0.15, 0.2) is 0 Å². The Hall–Kier alpha value is -1.73. The fraction of sp³-hybridized carbons (Fsp3) is 0.800. The maximum absolute atomic E-state index is 11.7. The van der Waals surface area contributed by atoms with Gasteiger partial charge in [-0.2, -0.15) is 5.54 Å². The zero-order valence-corrected chi connectivity index (χ0v) is 12.9. The van der Waals surface area contributed by atoms with E-state index in [9.17, 15) is 14.1 Å². The second-order valence-corrected chi connectivity index (χ2v) is 3.74. The van der Waals surface area contributed by atoms with Crippen LogP contribution in [0.25, 0.3) is 0 Å². The van der Waals surface area contributed by atoms with Crippen molar-refractivity contribution in [3.8, 4) is 0 Å². The molecule has 0 rings (SSSR count). The summed E-state index contributed by atoms with van der Waals surface area (Å²) in [5, 5.41) is 2.53. The van der Waals surface area contributed by atoms with Crippen LogP contribution in [0.5, 0.6) is 0 Å². The number of amides is 2. The Kier molecular flexibility index (Phi) is 46.5. The van der Waals surface area contributed by atoms with E-state index in [1.165, 1.54) is 0 Å². The van der Waals surface area contributed by atoms with Crippen LogP contribution in [0.2, 0.25) is 0 Å². The zero-order valence-electron chi connectivity index (χ0n) is 12.9. The molecule has 0 fully saturated rings. The van der Waals surface area contributed by atoms with Crippen molar-refractivity contribution in [3.05, 3.63) is 0 Å². The standard InChI is InChI=1S/C10H19FN2O3.4F2/c1-7(9(14)12-3)4-5-16-6-8(2)10(15)13-11;4*1-2/h7-8H,4-6H2,1-3H3,(H,12,14)(H,13,15);;;;. The van der Waals surface area contributed by atoms with Gasteiger partial charge in [0.2, 0.25) is 5.91 Å². The van der Waals surface area contributed by atoms with E-state index >= 15 is 0 Å². The van der Waals surface area contributed by atoms with Crippen molar-refractivity contribution in [1.29, 1.82) is 0 Å². The largest absolute Gasteiger partial charge is 0.381 e. The summed E-state index contributed by atoms with van der Waals surface area (Å²) in [7, 11) is 1.58. The van der Waals surface area contributed by atoms with Crippen molar-refractivity contribution in [2.75, 3.05) is 20.3 Å². The fourth-order valence-electron chi connectivity index (χ4n) is 1.07. The molecule has 0 aromatic rings. The zero-order chi connectivity index (χ0) is 20.6. The van der Waals surface area contributed by atoms with E-state index in [1.807, 2.05) is 0 Å². The molecule has 0 aliphatic rings. The highest BCUT2D eigenvalue weighted by Crippen LogP contribution is 2.03. The summed E-state index contributed by atoms with van der Waals surface area (Å²) in [6.07, 6.45) is 0.573. The molecule has 0 spiro atoms. The highest BCUT2D eigenvalue weighted by Gasteiger charge is 2.14. The first kappa shape index (κ1) is 33.8. The molecule has 0 aromatic carbocycles. The maximum atomic E-state index is 11.7. The number of ether oxygens (including phenoxy) is 1. The first-order valence-electron chi connectivity index (χ1n) is 5.79. The number of rotatable bonds is 7. The number of hydrogen-bond acceptors (Lipinski definition) is 3. The Labute approximate surface area is 131 Å². The third-order valence-electron chi connectivity index (χ3n) is 2.30. The summed E-state index contributed by atoms with van der Waals surface area (Å²) in [5.41, 5.74) is 1.06. The lowest BCUT2D eigenvalue weighted by Gasteiger charge is -2.12. The molecule has 150 valence electrons. The van der Waals surface area contributed by atoms with Crippen LogP contribution in [0.3, 0.4) is 0 Å². The van der Waals surface area contributed by atoms with E-state index in [-0.39, 0.29) is 18.4 Å². The number of hydrogen-bond donors (Lipinski definition) is 2. The summed E-state index contributed by atoms with van der Waals surface area (Å²) in [4.78, 5) is 21.9. The Morgan fingerprint density at radius 2 is 1.29 bits per heavy atom. The Bertz CT molecular complexity index is 230. The molecule has 0 saturated heterocycles. The van der Waals surface area contributed by atoms with Gasteiger partial charge in [-0.1, -0.05) is 13.8 Å². The summed E-state index contributed by atoms with van der Waals surface area (Å²) in [5.74, 6) is -1.40. The average Bonchev–Trinajstić information content (AvgIpc) is 2.69. The van der Waals surface area contributed by atoms with Crippen LogP contribution in [0.4, 0.5) is 41.1 Å². The Morgan fingerprint density at radius 3 is 1.62 bits per heavy atom. The topological polar surface area (TPSA) is 67.4 Å². The van der Waals surface area contributed by atoms with Crippen molar-refractivity contribution in [2.45, 2.75) is 20.3 Å². The van der Waals surface area contributed by atoms with Crippen LogP contribution in [0.15, 0.2) is 0 Å². The molecule has 0 saturated carbocycles. The van der Waals surface area contributed by atoms with Crippen LogP contribution in [0, 0.1) is 11.8 Å². The van der Waals surface area contributed by atoms with E-state index in [0.717, 1.165) is 5.54 Å². The van der Waals surface area contributed by atoms with Gasteiger partial charge in [0.25, 0.3) is 5.91 Å². The van der Waals surface area contributed by atoms with Gasteiger partial charge < -0.3 is 10.1 Å². The van der Waals surface area contributed by atoms with Gasteiger partial charge in [0.05, 0.1) is 12.5 Å². The number of carbonyl (C=O) groups is 2. The molecule has 2 atom stereocenters. The van der Waals surface area contributed by atoms with Crippen molar-refractivity contribution < 1.29 is 55.4 Å². The molecular weight excluding hydrogens is 367 g/mol. The number of halogens is 9. The number of carbonyl (C=O) groups excluding carboxylic acids is 2. The predicted molar refractivity (Wildman–Crippen MR) is 65.9 cm³/mol. The molecule has 0 aromatic heterocycles. The average molecular weight is 386 g/mol. The van der Waals surface area contributed by atoms with Crippen LogP contribution in [0.1, 0.15) is 20.3 Å². The SMILES string of the molecule is CNC(=O)C(C)CCOCC(C)C(=O)NF.FF.FF.FF.FF. The van der Waals surface area contributed by atoms with Crippen molar-refractivity contribution in [3.63, 3.8) is 0 Å². The smallest absolute Gasteiger partial charge is 0.252 e. The van der Waals surface area contributed by atoms with E-state index in [1.54, 1.807) is 20.9 Å². The van der Waals surface area contributed by atoms with Crippen molar-refractivity contribution >= 4 is 11.8 Å². The van der Waals surface area contributed by atoms with Crippen molar-refractivity contribution in [1.82, 2.24) is 10.9 Å². The van der Waals surface area contributed by atoms with Gasteiger partial charge in [-0.25, -0.2) is 0 Å². The lowest BCUT2D eigenvalue weighted by Crippen LogP contribution is -2.28. The number of nitrogens with one attached hydrogen (secondary N) is 2. The first-order chi connectivity index (χ1) is 11.5. The van der Waals surface area contributed by atoms with Gasteiger partial charge in [0.1, 0.15) is 0 Å². The van der Waals surface area contributed by atoms with Crippen molar-refractivity contribution in [2.24, 2.45) is 11.8 Å². The second-order valence-electron chi connectivity index (χ2n) is 3.74. The van der Waals surface area contributed by atoms with Crippen LogP contribution in [-0.4, -0.2) is 32.1 Å². The lowest BCUT2D eigenvalue weighted by atomic mass is 10.1. The quantitative estimate of drug-likeness (QED) is 0.398. The normalized spacial score (nSPS) is 10.3. The molecule has 0 heterocycles. The monoisotopic (exact) mass is 386 g/mol. The van der Waals surface area contributed by atoms with Crippen LogP contribution < -0.4 is 10.9 Å². The minimum absolute atomic E-state index is 0.0434. The van der Waals surface area contributed by atoms with Gasteiger partial charge in [-0.3, -0.25) is 9.59 Å². The third kappa shape index (κ3) is 25.2. The minimum Gasteiger partial charge on any atom is -0.381 e. The molecule has 5 nitrogen and oxygen atoms in total. The highest BCUT2D eigenvalue weighted by atomic mass is 20.0. The molecule has 0 radical (unpaired) electrons. The molecule has 24 heavy (non-hydrogen) atoms. The van der Waals surface area contributed by atoms with Gasteiger partial charge >= 0.3 is 0 Å². The first-order valence-corrected chi connectivity index (χ1v) is 5.79. The molecule has 2 amide bonds. The molecule has 0 aliphatic heterocycles. The van der Waals surface area contributed by atoms with Crippen LogP contribution in [-0.2, 0) is 14.3 Å². The second kappa shape index (κ2) is 33.0. The van der Waals surface area contributed by atoms with Gasteiger partial charge in [-0.05, 0) is 6.42 Å². The molecule has 2 unspecified atom stereocenters. The molecule has 0 bridgehead atoms. The molecule has 14 heteroatoms. The van der Waals surface area contributed by atoms with Gasteiger partial charge in [-0.15, -0.1) is 4.48 Å². The summed E-state index contributed by atoms with van der Waals surface area (Å²) in [6.45, 7) is 3.88. The molecule has 0 aliphatic carbocycles. The lowest BCUT2D eigenvalue weighted by molar-refractivity contribution is -0.131. The van der Waals surface area contributed by atoms with E-state index < -0.39 is 11.8 Å². The minimum atomic E-state index is -0.695. The Balaban J connectivity index is -0.000000130. The third-order valence-corrected chi connectivity index (χ3v) is 2.30. The maximum Gasteiger partial charge on any atom is 0.252 e. The summed E-state index contributed by atoms with van der Waals surface area (Å²) < 4.78 is 80.9. The summed E-state index contributed by atoms with van der Waals surface area (Å²) in [6, 6.07) is 0. The van der Waals surface area contributed by atoms with E-state index in [4.69, 9.17) is 41.3 Å². The Morgan fingerprint density at radius 1 is 0.875 bits per heavy atom.